The van der Waals surface area contributed by atoms with Crippen LogP contribution in [0.2, 0.25) is 0 Å². The van der Waals surface area contributed by atoms with Crippen LogP contribution >= 0.6 is 11.5 Å². The summed E-state index contributed by atoms with van der Waals surface area (Å²) in [5, 5.41) is 10.5. The number of hydrogen-bond acceptors (Lipinski definition) is 5. The molecule has 2 heterocycles. The third-order valence-electron chi connectivity index (χ3n) is 4.10. The van der Waals surface area contributed by atoms with Crippen LogP contribution in [0.25, 0.3) is 0 Å². The summed E-state index contributed by atoms with van der Waals surface area (Å²) < 4.78 is 4.36. The minimum absolute atomic E-state index is 0.526. The van der Waals surface area contributed by atoms with Crippen LogP contribution in [0.15, 0.2) is 0 Å². The molecule has 112 valence electrons. The van der Waals surface area contributed by atoms with E-state index in [2.05, 4.69) is 28.1 Å². The van der Waals surface area contributed by atoms with Crippen molar-refractivity contribution in [1.82, 2.24) is 9.36 Å². The highest BCUT2D eigenvalue weighted by Gasteiger charge is 2.41. The number of hydrogen-bond donors (Lipinski definition) is 1. The second kappa shape index (κ2) is 6.52. The van der Waals surface area contributed by atoms with Gasteiger partial charge in [0.1, 0.15) is 5.82 Å². The van der Waals surface area contributed by atoms with Gasteiger partial charge in [0.15, 0.2) is 0 Å². The van der Waals surface area contributed by atoms with Crippen LogP contribution in [-0.2, 0) is 11.2 Å². The fourth-order valence-corrected chi connectivity index (χ4v) is 3.64. The number of carboxylic acid groups (broad SMARTS) is 1. The number of carboxylic acids is 1. The molecule has 0 spiro atoms. The normalized spacial score (nSPS) is 18.2. The number of rotatable bonds is 6. The summed E-state index contributed by atoms with van der Waals surface area (Å²) in [6.07, 6.45) is 5.07. The van der Waals surface area contributed by atoms with E-state index in [0.29, 0.717) is 12.8 Å². The van der Waals surface area contributed by atoms with Gasteiger partial charge in [-0.1, -0.05) is 20.3 Å². The van der Waals surface area contributed by atoms with Crippen molar-refractivity contribution in [2.24, 2.45) is 5.41 Å². The van der Waals surface area contributed by atoms with Crippen molar-refractivity contribution in [1.29, 1.82) is 0 Å². The fourth-order valence-electron chi connectivity index (χ4n) is 2.87. The van der Waals surface area contributed by atoms with E-state index in [1.165, 1.54) is 11.5 Å². The first-order valence-corrected chi connectivity index (χ1v) is 8.19. The molecule has 1 aromatic rings. The molecule has 0 aliphatic carbocycles. The van der Waals surface area contributed by atoms with Crippen LogP contribution in [0.4, 0.5) is 5.13 Å². The molecule has 20 heavy (non-hydrogen) atoms. The van der Waals surface area contributed by atoms with Gasteiger partial charge >= 0.3 is 5.97 Å². The topological polar surface area (TPSA) is 66.3 Å². The maximum Gasteiger partial charge on any atom is 0.309 e. The van der Waals surface area contributed by atoms with Crippen molar-refractivity contribution in [2.45, 2.75) is 52.4 Å². The van der Waals surface area contributed by atoms with Gasteiger partial charge in [-0.25, -0.2) is 4.98 Å². The Labute approximate surface area is 124 Å². The number of aryl methyl sites for hydroxylation is 1. The van der Waals surface area contributed by atoms with Gasteiger partial charge in [-0.3, -0.25) is 4.79 Å². The van der Waals surface area contributed by atoms with E-state index in [1.54, 1.807) is 0 Å². The average molecular weight is 297 g/mol. The minimum Gasteiger partial charge on any atom is -0.481 e. The highest BCUT2D eigenvalue weighted by Crippen LogP contribution is 2.38. The zero-order chi connectivity index (χ0) is 14.6. The van der Waals surface area contributed by atoms with Crippen molar-refractivity contribution < 1.29 is 9.90 Å². The van der Waals surface area contributed by atoms with Gasteiger partial charge in [0.25, 0.3) is 0 Å². The van der Waals surface area contributed by atoms with E-state index in [1.807, 2.05) is 0 Å². The summed E-state index contributed by atoms with van der Waals surface area (Å²) in [5.41, 5.74) is -0.526. The fraction of sp³-hybridized carbons (Fsp3) is 0.786. The Balaban J connectivity index is 2.00. The van der Waals surface area contributed by atoms with E-state index in [4.69, 9.17) is 0 Å². The number of piperidine rings is 1. The van der Waals surface area contributed by atoms with Gasteiger partial charge in [0.05, 0.1) is 5.41 Å². The molecule has 1 aromatic heterocycles. The van der Waals surface area contributed by atoms with Crippen LogP contribution in [-0.4, -0.2) is 33.5 Å². The van der Waals surface area contributed by atoms with Crippen molar-refractivity contribution in [3.63, 3.8) is 0 Å². The Hall–Kier alpha value is -1.17. The van der Waals surface area contributed by atoms with Crippen LogP contribution in [0, 0.1) is 5.41 Å². The van der Waals surface area contributed by atoms with Gasteiger partial charge < -0.3 is 10.0 Å². The molecule has 0 aromatic carbocycles. The number of anilines is 1. The maximum absolute atomic E-state index is 11.6. The van der Waals surface area contributed by atoms with E-state index >= 15 is 0 Å². The molecule has 1 aliphatic rings. The van der Waals surface area contributed by atoms with E-state index in [0.717, 1.165) is 49.7 Å². The van der Waals surface area contributed by atoms with Gasteiger partial charge in [-0.15, -0.1) is 0 Å². The first kappa shape index (κ1) is 15.2. The molecule has 1 aliphatic heterocycles. The molecule has 0 amide bonds. The van der Waals surface area contributed by atoms with Crippen LogP contribution < -0.4 is 4.90 Å². The van der Waals surface area contributed by atoms with Gasteiger partial charge in [-0.2, -0.15) is 4.37 Å². The molecule has 5 nitrogen and oxygen atoms in total. The second-order valence-electron chi connectivity index (χ2n) is 5.57. The van der Waals surface area contributed by atoms with Gasteiger partial charge in [0, 0.05) is 31.0 Å². The average Bonchev–Trinajstić information content (AvgIpc) is 2.89. The molecule has 1 fully saturated rings. The molecule has 0 saturated carbocycles. The Morgan fingerprint density at radius 2 is 2.05 bits per heavy atom. The summed E-state index contributed by atoms with van der Waals surface area (Å²) in [6.45, 7) is 5.71. The molecule has 1 saturated heterocycles. The summed E-state index contributed by atoms with van der Waals surface area (Å²) in [7, 11) is 0. The SMILES string of the molecule is CCCc1nsc(N2CCC(CCC)(C(=O)O)CC2)n1. The lowest BCUT2D eigenvalue weighted by atomic mass is 9.75. The Morgan fingerprint density at radius 3 is 2.60 bits per heavy atom. The highest BCUT2D eigenvalue weighted by atomic mass is 32.1. The minimum atomic E-state index is -0.636. The number of aromatic nitrogens is 2. The summed E-state index contributed by atoms with van der Waals surface area (Å²) in [6, 6.07) is 0. The smallest absolute Gasteiger partial charge is 0.309 e. The van der Waals surface area contributed by atoms with Gasteiger partial charge in [0.2, 0.25) is 5.13 Å². The zero-order valence-electron chi connectivity index (χ0n) is 12.3. The third kappa shape index (κ3) is 3.11. The van der Waals surface area contributed by atoms with Crippen LogP contribution in [0.1, 0.15) is 51.8 Å². The van der Waals surface area contributed by atoms with E-state index < -0.39 is 11.4 Å². The largest absolute Gasteiger partial charge is 0.481 e. The van der Waals surface area contributed by atoms with Crippen LogP contribution in [0.3, 0.4) is 0 Å². The lowest BCUT2D eigenvalue weighted by Crippen LogP contribution is -2.44. The molecule has 1 N–H and O–H groups in total. The molecule has 0 bridgehead atoms. The molecular formula is C14H23N3O2S. The van der Waals surface area contributed by atoms with Crippen molar-refractivity contribution in [3.05, 3.63) is 5.82 Å². The summed E-state index contributed by atoms with van der Waals surface area (Å²) >= 11 is 1.44. The predicted octanol–water partition coefficient (Wildman–Crippen LogP) is 2.96. The predicted molar refractivity (Wildman–Crippen MR) is 80.3 cm³/mol. The van der Waals surface area contributed by atoms with E-state index in [-0.39, 0.29) is 0 Å². The molecular weight excluding hydrogens is 274 g/mol. The molecule has 0 atom stereocenters. The van der Waals surface area contributed by atoms with Crippen molar-refractivity contribution >= 4 is 22.6 Å². The summed E-state index contributed by atoms with van der Waals surface area (Å²) in [4.78, 5) is 18.3. The zero-order valence-corrected chi connectivity index (χ0v) is 13.1. The monoisotopic (exact) mass is 297 g/mol. The lowest BCUT2D eigenvalue weighted by Gasteiger charge is -2.38. The molecule has 2 rings (SSSR count). The Bertz CT molecular complexity index is 453. The molecule has 0 radical (unpaired) electrons. The van der Waals surface area contributed by atoms with Crippen molar-refractivity contribution in [2.75, 3.05) is 18.0 Å². The first-order valence-electron chi connectivity index (χ1n) is 7.42. The highest BCUT2D eigenvalue weighted by molar-refractivity contribution is 7.09. The molecule has 6 heteroatoms. The van der Waals surface area contributed by atoms with E-state index in [9.17, 15) is 9.90 Å². The Morgan fingerprint density at radius 1 is 1.35 bits per heavy atom. The first-order chi connectivity index (χ1) is 9.61. The number of aliphatic carboxylic acids is 1. The number of nitrogens with zero attached hydrogens (tertiary/aromatic N) is 3. The van der Waals surface area contributed by atoms with Gasteiger partial charge in [-0.05, 0) is 25.7 Å². The maximum atomic E-state index is 11.6. The van der Waals surface area contributed by atoms with Crippen LogP contribution in [0.5, 0.6) is 0 Å². The second-order valence-corrected chi connectivity index (χ2v) is 6.30. The standard InChI is InChI=1S/C14H23N3O2S/c1-3-5-11-15-13(20-16-11)17-9-7-14(6-4-2,8-10-17)12(18)19/h3-10H2,1-2H3,(H,18,19). The third-order valence-corrected chi connectivity index (χ3v) is 4.92. The quantitative estimate of drug-likeness (QED) is 0.874. The summed E-state index contributed by atoms with van der Waals surface area (Å²) in [5.74, 6) is 0.277. The molecule has 0 unspecified atom stereocenters. The van der Waals surface area contributed by atoms with Crippen molar-refractivity contribution in [3.8, 4) is 0 Å². The number of carbonyl (C=O) groups is 1. The Kier molecular flexibility index (Phi) is 4.96. The lowest BCUT2D eigenvalue weighted by molar-refractivity contribution is -0.150.